The topological polar surface area (TPSA) is 66.5 Å². The van der Waals surface area contributed by atoms with Crippen LogP contribution < -0.4 is 20.3 Å². The number of rotatable bonds is 7. The van der Waals surface area contributed by atoms with Crippen LogP contribution in [0.25, 0.3) is 0 Å². The summed E-state index contributed by atoms with van der Waals surface area (Å²) in [4.78, 5) is 18.5. The molecular weight excluding hydrogens is 340 g/mol. The summed E-state index contributed by atoms with van der Waals surface area (Å²) in [6, 6.07) is 11.9. The standard InChI is InChI=1S/C21H28N4O2/c1-27-20-4-2-17(3-5-20)6-13-23-21(26)24-16-18-9-14-25(15-10-18)19-7-11-22-12-8-19/h2-5,7-8,11-12,18H,6,9-10,13-16H2,1H3,(H2,23,24,26). The predicted octanol–water partition coefficient (Wildman–Crippen LogP) is 2.85. The number of pyridine rings is 1. The van der Waals surface area contributed by atoms with Crippen molar-refractivity contribution in [1.82, 2.24) is 15.6 Å². The van der Waals surface area contributed by atoms with Crippen LogP contribution in [0.3, 0.4) is 0 Å². The van der Waals surface area contributed by atoms with Gasteiger partial charge in [-0.05, 0) is 55.0 Å². The van der Waals surface area contributed by atoms with Crippen molar-refractivity contribution in [3.63, 3.8) is 0 Å². The summed E-state index contributed by atoms with van der Waals surface area (Å²) >= 11 is 0. The Morgan fingerprint density at radius 3 is 2.48 bits per heavy atom. The van der Waals surface area contributed by atoms with E-state index in [4.69, 9.17) is 4.74 Å². The van der Waals surface area contributed by atoms with E-state index in [0.29, 0.717) is 12.5 Å². The Hall–Kier alpha value is -2.76. The molecule has 0 aliphatic carbocycles. The number of urea groups is 1. The lowest BCUT2D eigenvalue weighted by Crippen LogP contribution is -2.42. The van der Waals surface area contributed by atoms with Gasteiger partial charge in [0.05, 0.1) is 7.11 Å². The molecule has 1 aromatic heterocycles. The Bertz CT molecular complexity index is 698. The third-order valence-electron chi connectivity index (χ3n) is 5.05. The Kier molecular flexibility index (Phi) is 6.90. The summed E-state index contributed by atoms with van der Waals surface area (Å²) in [7, 11) is 1.66. The van der Waals surface area contributed by atoms with E-state index < -0.39 is 0 Å². The van der Waals surface area contributed by atoms with E-state index in [1.807, 2.05) is 36.7 Å². The number of hydrogen-bond donors (Lipinski definition) is 2. The second-order valence-corrected chi connectivity index (χ2v) is 6.87. The van der Waals surface area contributed by atoms with Gasteiger partial charge in [-0.2, -0.15) is 0 Å². The normalized spacial score (nSPS) is 14.6. The molecule has 0 spiro atoms. The highest BCUT2D eigenvalue weighted by molar-refractivity contribution is 5.73. The van der Waals surface area contributed by atoms with Gasteiger partial charge < -0.3 is 20.3 Å². The molecule has 3 rings (SSSR count). The van der Waals surface area contributed by atoms with E-state index in [0.717, 1.165) is 44.6 Å². The molecule has 0 unspecified atom stereocenters. The second kappa shape index (κ2) is 9.80. The van der Waals surface area contributed by atoms with Gasteiger partial charge >= 0.3 is 6.03 Å². The van der Waals surface area contributed by atoms with Crippen molar-refractivity contribution in [2.45, 2.75) is 19.3 Å². The third-order valence-corrected chi connectivity index (χ3v) is 5.05. The predicted molar refractivity (Wildman–Crippen MR) is 107 cm³/mol. The number of piperidine rings is 1. The Morgan fingerprint density at radius 1 is 1.11 bits per heavy atom. The SMILES string of the molecule is COc1ccc(CCNC(=O)NCC2CCN(c3ccncc3)CC2)cc1. The van der Waals surface area contributed by atoms with Crippen LogP contribution >= 0.6 is 0 Å². The van der Waals surface area contributed by atoms with Crippen LogP contribution in [0.2, 0.25) is 0 Å². The quantitative estimate of drug-likeness (QED) is 0.789. The highest BCUT2D eigenvalue weighted by Gasteiger charge is 2.19. The zero-order chi connectivity index (χ0) is 18.9. The number of hydrogen-bond acceptors (Lipinski definition) is 4. The number of methoxy groups -OCH3 is 1. The van der Waals surface area contributed by atoms with Crippen molar-refractivity contribution < 1.29 is 9.53 Å². The first-order chi connectivity index (χ1) is 13.2. The number of benzene rings is 1. The van der Waals surface area contributed by atoms with Crippen molar-refractivity contribution >= 4 is 11.7 Å². The lowest BCUT2D eigenvalue weighted by Gasteiger charge is -2.33. The van der Waals surface area contributed by atoms with Crippen LogP contribution in [-0.4, -0.2) is 44.3 Å². The zero-order valence-corrected chi connectivity index (χ0v) is 15.9. The maximum atomic E-state index is 12.0. The maximum absolute atomic E-state index is 12.0. The first-order valence-electron chi connectivity index (χ1n) is 9.54. The van der Waals surface area contributed by atoms with E-state index in [9.17, 15) is 4.79 Å². The minimum Gasteiger partial charge on any atom is -0.497 e. The second-order valence-electron chi connectivity index (χ2n) is 6.87. The fraction of sp³-hybridized carbons (Fsp3) is 0.429. The molecule has 6 nitrogen and oxygen atoms in total. The summed E-state index contributed by atoms with van der Waals surface area (Å²) < 4.78 is 5.15. The molecule has 1 saturated heterocycles. The molecule has 2 aromatic rings. The number of anilines is 1. The molecule has 27 heavy (non-hydrogen) atoms. The first kappa shape index (κ1) is 19.0. The molecule has 0 saturated carbocycles. The number of carbonyl (C=O) groups is 1. The Morgan fingerprint density at radius 2 is 1.81 bits per heavy atom. The molecule has 2 amide bonds. The number of amides is 2. The summed E-state index contributed by atoms with van der Waals surface area (Å²) in [6.45, 7) is 3.40. The van der Waals surface area contributed by atoms with Crippen LogP contribution in [0, 0.1) is 5.92 Å². The highest BCUT2D eigenvalue weighted by Crippen LogP contribution is 2.22. The van der Waals surface area contributed by atoms with Crippen LogP contribution in [0.4, 0.5) is 10.5 Å². The van der Waals surface area contributed by atoms with E-state index >= 15 is 0 Å². The van der Waals surface area contributed by atoms with Crippen LogP contribution in [-0.2, 0) is 6.42 Å². The fourth-order valence-electron chi connectivity index (χ4n) is 3.36. The average Bonchev–Trinajstić information content (AvgIpc) is 2.74. The molecule has 1 fully saturated rings. The van der Waals surface area contributed by atoms with E-state index in [1.165, 1.54) is 11.3 Å². The molecule has 1 aliphatic rings. The van der Waals surface area contributed by atoms with Crippen molar-refractivity contribution in [3.05, 3.63) is 54.4 Å². The van der Waals surface area contributed by atoms with Gasteiger partial charge in [-0.25, -0.2) is 4.79 Å². The van der Waals surface area contributed by atoms with E-state index in [1.54, 1.807) is 7.11 Å². The Balaban J connectivity index is 1.30. The minimum absolute atomic E-state index is 0.0833. The number of ether oxygens (including phenoxy) is 1. The molecule has 2 N–H and O–H groups in total. The van der Waals surface area contributed by atoms with Gasteiger partial charge in [0.15, 0.2) is 0 Å². The third kappa shape index (κ3) is 5.88. The lowest BCUT2D eigenvalue weighted by atomic mass is 9.96. The maximum Gasteiger partial charge on any atom is 0.314 e. The number of nitrogens with zero attached hydrogens (tertiary/aromatic N) is 2. The first-order valence-corrected chi connectivity index (χ1v) is 9.54. The van der Waals surface area contributed by atoms with Crippen molar-refractivity contribution in [3.8, 4) is 5.75 Å². The van der Waals surface area contributed by atoms with Gasteiger partial charge in [-0.3, -0.25) is 4.98 Å². The number of nitrogens with one attached hydrogen (secondary N) is 2. The summed E-state index contributed by atoms with van der Waals surface area (Å²) in [5.74, 6) is 1.38. The van der Waals surface area contributed by atoms with Gasteiger partial charge in [0.2, 0.25) is 0 Å². The van der Waals surface area contributed by atoms with E-state index in [2.05, 4.69) is 32.7 Å². The fourth-order valence-corrected chi connectivity index (χ4v) is 3.36. The molecule has 0 radical (unpaired) electrons. The smallest absolute Gasteiger partial charge is 0.314 e. The lowest BCUT2D eigenvalue weighted by molar-refractivity contribution is 0.237. The summed E-state index contributed by atoms with van der Waals surface area (Å²) in [5, 5.41) is 5.95. The molecule has 6 heteroatoms. The average molecular weight is 368 g/mol. The molecule has 1 aromatic carbocycles. The highest BCUT2D eigenvalue weighted by atomic mass is 16.5. The van der Waals surface area contributed by atoms with Gasteiger partial charge in [0.1, 0.15) is 5.75 Å². The van der Waals surface area contributed by atoms with Crippen molar-refractivity contribution in [2.24, 2.45) is 5.92 Å². The molecule has 144 valence electrons. The van der Waals surface area contributed by atoms with Gasteiger partial charge in [0, 0.05) is 44.3 Å². The number of aromatic nitrogens is 1. The number of carbonyl (C=O) groups excluding carboxylic acids is 1. The van der Waals surface area contributed by atoms with Crippen molar-refractivity contribution in [1.29, 1.82) is 0 Å². The van der Waals surface area contributed by atoms with Crippen LogP contribution in [0.5, 0.6) is 5.75 Å². The monoisotopic (exact) mass is 368 g/mol. The molecular formula is C21H28N4O2. The van der Waals surface area contributed by atoms with Crippen molar-refractivity contribution in [2.75, 3.05) is 38.2 Å². The van der Waals surface area contributed by atoms with Gasteiger partial charge in [-0.15, -0.1) is 0 Å². The molecule has 1 aliphatic heterocycles. The molecule has 0 atom stereocenters. The van der Waals surface area contributed by atoms with Gasteiger partial charge in [-0.1, -0.05) is 12.1 Å². The Labute approximate surface area is 160 Å². The largest absolute Gasteiger partial charge is 0.497 e. The van der Waals surface area contributed by atoms with E-state index in [-0.39, 0.29) is 6.03 Å². The molecule has 0 bridgehead atoms. The van der Waals surface area contributed by atoms with Crippen LogP contribution in [0.15, 0.2) is 48.8 Å². The summed E-state index contributed by atoms with van der Waals surface area (Å²) in [5.41, 5.74) is 2.41. The summed E-state index contributed by atoms with van der Waals surface area (Å²) in [6.07, 6.45) is 6.66. The van der Waals surface area contributed by atoms with Crippen LogP contribution in [0.1, 0.15) is 18.4 Å². The zero-order valence-electron chi connectivity index (χ0n) is 15.9. The molecule has 2 heterocycles. The van der Waals surface area contributed by atoms with Gasteiger partial charge in [0.25, 0.3) is 0 Å². The minimum atomic E-state index is -0.0833.